The molecule has 0 aliphatic carbocycles. The van der Waals surface area contributed by atoms with Gasteiger partial charge in [0.05, 0.1) is 17.6 Å². The van der Waals surface area contributed by atoms with Gasteiger partial charge in [0.1, 0.15) is 5.82 Å². The normalized spacial score (nSPS) is 11.7. The molecule has 2 rings (SSSR count). The van der Waals surface area contributed by atoms with Crippen LogP contribution in [0, 0.1) is 5.82 Å². The number of nitrogens with one attached hydrogen (secondary N) is 2. The number of carbonyl (C=O) groups excluding carboxylic acids is 2. The maximum Gasteiger partial charge on any atom is 0.251 e. The van der Waals surface area contributed by atoms with Crippen LogP contribution in [-0.2, 0) is 4.79 Å². The molecule has 2 aromatic rings. The number of halogens is 3. The second kappa shape index (κ2) is 8.13. The summed E-state index contributed by atoms with van der Waals surface area (Å²) in [4.78, 5) is 23.8. The van der Waals surface area contributed by atoms with E-state index in [0.717, 1.165) is 0 Å². The van der Waals surface area contributed by atoms with E-state index in [2.05, 4.69) is 10.6 Å². The van der Waals surface area contributed by atoms with Gasteiger partial charge in [-0.2, -0.15) is 0 Å². The Morgan fingerprint density at radius 3 is 2.46 bits per heavy atom. The van der Waals surface area contributed by atoms with Gasteiger partial charge in [-0.15, -0.1) is 0 Å². The Hall–Kier alpha value is -2.11. The van der Waals surface area contributed by atoms with Crippen molar-refractivity contribution in [1.82, 2.24) is 10.6 Å². The molecule has 0 aromatic heterocycles. The minimum Gasteiger partial charge on any atom is -0.348 e. The van der Waals surface area contributed by atoms with Crippen LogP contribution in [0.5, 0.6) is 0 Å². The zero-order chi connectivity index (χ0) is 17.7. The zero-order valence-electron chi connectivity index (χ0n) is 12.8. The van der Waals surface area contributed by atoms with Crippen molar-refractivity contribution < 1.29 is 14.0 Å². The predicted molar refractivity (Wildman–Crippen MR) is 91.8 cm³/mol. The highest BCUT2D eigenvalue weighted by molar-refractivity contribution is 6.35. The van der Waals surface area contributed by atoms with Gasteiger partial charge >= 0.3 is 0 Å². The van der Waals surface area contributed by atoms with Crippen molar-refractivity contribution in [3.63, 3.8) is 0 Å². The highest BCUT2D eigenvalue weighted by atomic mass is 35.5. The van der Waals surface area contributed by atoms with Gasteiger partial charge < -0.3 is 10.6 Å². The molecule has 0 saturated heterocycles. The van der Waals surface area contributed by atoms with Crippen LogP contribution >= 0.6 is 23.2 Å². The third-order valence-corrected chi connectivity index (χ3v) is 3.95. The van der Waals surface area contributed by atoms with Gasteiger partial charge in [-0.3, -0.25) is 9.59 Å². The number of benzene rings is 2. The Bertz CT molecular complexity index is 754. The van der Waals surface area contributed by atoms with Gasteiger partial charge in [-0.25, -0.2) is 4.39 Å². The highest BCUT2D eigenvalue weighted by Crippen LogP contribution is 2.28. The Morgan fingerprint density at radius 2 is 1.79 bits per heavy atom. The van der Waals surface area contributed by atoms with Crippen molar-refractivity contribution in [3.8, 4) is 0 Å². The fourth-order valence-electron chi connectivity index (χ4n) is 2.09. The first-order valence-corrected chi connectivity index (χ1v) is 7.91. The molecule has 0 radical (unpaired) electrons. The van der Waals surface area contributed by atoms with E-state index in [1.54, 1.807) is 37.3 Å². The van der Waals surface area contributed by atoms with Crippen molar-refractivity contribution in [2.45, 2.75) is 13.0 Å². The monoisotopic (exact) mass is 368 g/mol. The van der Waals surface area contributed by atoms with Gasteiger partial charge in [0.15, 0.2) is 0 Å². The van der Waals surface area contributed by atoms with Crippen molar-refractivity contribution in [2.75, 3.05) is 6.54 Å². The minimum absolute atomic E-state index is 0.0857. The van der Waals surface area contributed by atoms with E-state index in [0.29, 0.717) is 11.1 Å². The SMILES string of the molecule is C[C@@H](NC(=O)CNC(=O)c1ccccc1)c1cc(F)c(Cl)cc1Cl. The smallest absolute Gasteiger partial charge is 0.251 e. The first-order valence-electron chi connectivity index (χ1n) is 7.15. The van der Waals surface area contributed by atoms with Crippen molar-refractivity contribution in [3.05, 3.63) is 69.5 Å². The summed E-state index contributed by atoms with van der Waals surface area (Å²) < 4.78 is 13.5. The van der Waals surface area contributed by atoms with Crippen LogP contribution in [0.25, 0.3) is 0 Å². The second-order valence-corrected chi connectivity index (χ2v) is 5.94. The van der Waals surface area contributed by atoms with Gasteiger partial charge in [-0.05, 0) is 36.8 Å². The van der Waals surface area contributed by atoms with Crippen LogP contribution in [-0.4, -0.2) is 18.4 Å². The number of carbonyl (C=O) groups is 2. The molecule has 2 amide bonds. The van der Waals surface area contributed by atoms with E-state index in [9.17, 15) is 14.0 Å². The molecule has 2 N–H and O–H groups in total. The molecule has 126 valence electrons. The van der Waals surface area contributed by atoms with Crippen LogP contribution in [0.3, 0.4) is 0 Å². The van der Waals surface area contributed by atoms with E-state index in [-0.39, 0.29) is 22.5 Å². The first kappa shape index (κ1) is 18.2. The lowest BCUT2D eigenvalue weighted by atomic mass is 10.1. The molecular formula is C17H15Cl2FN2O2. The molecule has 7 heteroatoms. The van der Waals surface area contributed by atoms with E-state index < -0.39 is 17.8 Å². The van der Waals surface area contributed by atoms with Gasteiger partial charge in [0.2, 0.25) is 5.91 Å². The molecule has 0 unspecified atom stereocenters. The zero-order valence-corrected chi connectivity index (χ0v) is 14.3. The number of amides is 2. The van der Waals surface area contributed by atoms with Crippen molar-refractivity contribution >= 4 is 35.0 Å². The third kappa shape index (κ3) is 4.69. The molecule has 0 saturated carbocycles. The second-order valence-electron chi connectivity index (χ2n) is 5.13. The summed E-state index contributed by atoms with van der Waals surface area (Å²) in [5.74, 6) is -1.39. The van der Waals surface area contributed by atoms with E-state index in [1.165, 1.54) is 12.1 Å². The van der Waals surface area contributed by atoms with Crippen molar-refractivity contribution in [1.29, 1.82) is 0 Å². The van der Waals surface area contributed by atoms with E-state index >= 15 is 0 Å². The Balaban J connectivity index is 1.93. The molecule has 0 aliphatic heterocycles. The topological polar surface area (TPSA) is 58.2 Å². The maximum atomic E-state index is 13.5. The quantitative estimate of drug-likeness (QED) is 0.789. The third-order valence-electron chi connectivity index (χ3n) is 3.33. The average molecular weight is 369 g/mol. The van der Waals surface area contributed by atoms with Crippen molar-refractivity contribution in [2.24, 2.45) is 0 Å². The Kier molecular flexibility index (Phi) is 6.17. The first-order chi connectivity index (χ1) is 11.4. The molecule has 4 nitrogen and oxygen atoms in total. The maximum absolute atomic E-state index is 13.5. The largest absolute Gasteiger partial charge is 0.348 e. The Labute approximate surface area is 149 Å². The van der Waals surface area contributed by atoms with Gasteiger partial charge in [-0.1, -0.05) is 41.4 Å². The van der Waals surface area contributed by atoms with Gasteiger partial charge in [0.25, 0.3) is 5.91 Å². The van der Waals surface area contributed by atoms with Crippen LogP contribution in [0.4, 0.5) is 4.39 Å². The van der Waals surface area contributed by atoms with Gasteiger partial charge in [0, 0.05) is 10.6 Å². The standard InChI is InChI=1S/C17H15Cl2FN2O2/c1-10(12-7-15(20)14(19)8-13(12)18)22-16(23)9-21-17(24)11-5-3-2-4-6-11/h2-8,10H,9H2,1H3,(H,21,24)(H,22,23)/t10-/m1/s1. The van der Waals surface area contributed by atoms with Crippen LogP contribution in [0.2, 0.25) is 10.0 Å². The Morgan fingerprint density at radius 1 is 1.12 bits per heavy atom. The van der Waals surface area contributed by atoms with Crippen LogP contribution in [0.15, 0.2) is 42.5 Å². The lowest BCUT2D eigenvalue weighted by Gasteiger charge is -2.16. The summed E-state index contributed by atoms with van der Waals surface area (Å²) in [5.41, 5.74) is 0.863. The number of rotatable bonds is 5. The average Bonchev–Trinajstić information content (AvgIpc) is 2.56. The lowest BCUT2D eigenvalue weighted by molar-refractivity contribution is -0.120. The minimum atomic E-state index is -0.616. The fourth-order valence-corrected chi connectivity index (χ4v) is 2.64. The fraction of sp³-hybridized carbons (Fsp3) is 0.176. The molecule has 0 spiro atoms. The van der Waals surface area contributed by atoms with E-state index in [4.69, 9.17) is 23.2 Å². The summed E-state index contributed by atoms with van der Waals surface area (Å²) in [6, 6.07) is 10.5. The summed E-state index contributed by atoms with van der Waals surface area (Å²) in [5, 5.41) is 5.32. The molecule has 0 aliphatic rings. The molecule has 24 heavy (non-hydrogen) atoms. The van der Waals surface area contributed by atoms with E-state index in [1.807, 2.05) is 0 Å². The number of hydrogen-bond acceptors (Lipinski definition) is 2. The highest BCUT2D eigenvalue weighted by Gasteiger charge is 2.16. The molecule has 0 fully saturated rings. The predicted octanol–water partition coefficient (Wildman–Crippen LogP) is 3.74. The van der Waals surface area contributed by atoms with Crippen LogP contribution < -0.4 is 10.6 Å². The number of hydrogen-bond donors (Lipinski definition) is 2. The molecule has 0 heterocycles. The molecule has 1 atom stereocenters. The van der Waals surface area contributed by atoms with Crippen LogP contribution in [0.1, 0.15) is 28.9 Å². The molecule has 0 bridgehead atoms. The summed E-state index contributed by atoms with van der Waals surface area (Å²) in [6.45, 7) is 1.46. The molecular weight excluding hydrogens is 354 g/mol. The molecule has 2 aromatic carbocycles. The summed E-state index contributed by atoms with van der Waals surface area (Å²) in [6.07, 6.45) is 0. The lowest BCUT2D eigenvalue weighted by Crippen LogP contribution is -2.38. The summed E-state index contributed by atoms with van der Waals surface area (Å²) in [7, 11) is 0. The summed E-state index contributed by atoms with van der Waals surface area (Å²) >= 11 is 11.7.